The molecule has 1 aromatic rings. The zero-order valence-corrected chi connectivity index (χ0v) is 11.6. The van der Waals surface area contributed by atoms with Crippen LogP contribution in [0.2, 0.25) is 0 Å². The number of nitrogens with zero attached hydrogens (tertiary/aromatic N) is 3. The lowest BCUT2D eigenvalue weighted by Crippen LogP contribution is -2.31. The average molecular weight is 266 g/mol. The molecule has 2 heterocycles. The number of aromatic nitrogens is 2. The Morgan fingerprint density at radius 3 is 2.95 bits per heavy atom. The van der Waals surface area contributed by atoms with Crippen molar-refractivity contribution in [3.8, 4) is 0 Å². The summed E-state index contributed by atoms with van der Waals surface area (Å²) >= 11 is 0. The van der Waals surface area contributed by atoms with E-state index in [0.29, 0.717) is 19.6 Å². The molecule has 0 amide bonds. The van der Waals surface area contributed by atoms with Gasteiger partial charge in [-0.3, -0.25) is 4.79 Å². The van der Waals surface area contributed by atoms with E-state index in [9.17, 15) is 4.79 Å². The molecule has 1 aliphatic rings. The van der Waals surface area contributed by atoms with Crippen molar-refractivity contribution in [2.45, 2.75) is 38.5 Å². The summed E-state index contributed by atoms with van der Waals surface area (Å²) in [5.41, 5.74) is 6.20. The topological polar surface area (TPSA) is 73.4 Å². The second-order valence-electron chi connectivity index (χ2n) is 5.09. The lowest BCUT2D eigenvalue weighted by molar-refractivity contribution is 0.0428. The molecule has 0 aliphatic carbocycles. The van der Waals surface area contributed by atoms with E-state index >= 15 is 0 Å². The molecule has 0 bridgehead atoms. The fourth-order valence-electron chi connectivity index (χ4n) is 2.31. The molecule has 1 saturated heterocycles. The monoisotopic (exact) mass is 266 g/mol. The second-order valence-corrected chi connectivity index (χ2v) is 5.09. The minimum Gasteiger partial charge on any atom is -0.373 e. The summed E-state index contributed by atoms with van der Waals surface area (Å²) < 4.78 is 7.18. The van der Waals surface area contributed by atoms with Crippen molar-refractivity contribution in [3.63, 3.8) is 0 Å². The summed E-state index contributed by atoms with van der Waals surface area (Å²) in [6, 6.07) is 1.60. The first-order chi connectivity index (χ1) is 9.10. The van der Waals surface area contributed by atoms with Gasteiger partial charge in [0.25, 0.3) is 5.56 Å². The SMILES string of the molecule is CC1CCC(Cn2ncc(N(C)CCN)cc2=O)O1. The Morgan fingerprint density at radius 1 is 1.58 bits per heavy atom. The van der Waals surface area contributed by atoms with Crippen molar-refractivity contribution in [1.82, 2.24) is 9.78 Å². The Morgan fingerprint density at radius 2 is 2.37 bits per heavy atom. The lowest BCUT2D eigenvalue weighted by atomic mass is 10.2. The van der Waals surface area contributed by atoms with Crippen LogP contribution < -0.4 is 16.2 Å². The van der Waals surface area contributed by atoms with E-state index in [2.05, 4.69) is 12.0 Å². The Kier molecular flexibility index (Phi) is 4.55. The van der Waals surface area contributed by atoms with Gasteiger partial charge >= 0.3 is 0 Å². The van der Waals surface area contributed by atoms with Crippen molar-refractivity contribution >= 4 is 5.69 Å². The Bertz CT molecular complexity index is 474. The minimum atomic E-state index is -0.0930. The van der Waals surface area contributed by atoms with Crippen LogP contribution in [0.5, 0.6) is 0 Å². The van der Waals surface area contributed by atoms with Crippen LogP contribution in [0.3, 0.4) is 0 Å². The smallest absolute Gasteiger partial charge is 0.268 e. The summed E-state index contributed by atoms with van der Waals surface area (Å²) in [7, 11) is 1.90. The first-order valence-corrected chi connectivity index (χ1v) is 6.74. The molecule has 1 aromatic heterocycles. The van der Waals surface area contributed by atoms with Crippen LogP contribution in [-0.2, 0) is 11.3 Å². The van der Waals surface area contributed by atoms with Gasteiger partial charge in [-0.25, -0.2) is 4.68 Å². The highest BCUT2D eigenvalue weighted by Crippen LogP contribution is 2.19. The summed E-state index contributed by atoms with van der Waals surface area (Å²) in [6.07, 6.45) is 4.14. The molecule has 2 rings (SSSR count). The molecule has 0 saturated carbocycles. The molecule has 2 unspecified atom stereocenters. The largest absolute Gasteiger partial charge is 0.373 e. The van der Waals surface area contributed by atoms with Crippen molar-refractivity contribution < 1.29 is 4.74 Å². The van der Waals surface area contributed by atoms with Crippen LogP contribution >= 0.6 is 0 Å². The molecule has 1 fully saturated rings. The lowest BCUT2D eigenvalue weighted by Gasteiger charge is -2.18. The van der Waals surface area contributed by atoms with Crippen molar-refractivity contribution in [2.75, 3.05) is 25.0 Å². The molecule has 19 heavy (non-hydrogen) atoms. The van der Waals surface area contributed by atoms with Gasteiger partial charge in [-0.1, -0.05) is 0 Å². The summed E-state index contributed by atoms with van der Waals surface area (Å²) in [5, 5.41) is 4.21. The van der Waals surface area contributed by atoms with E-state index in [1.54, 1.807) is 12.3 Å². The van der Waals surface area contributed by atoms with E-state index in [0.717, 1.165) is 18.5 Å². The molecule has 0 radical (unpaired) electrons. The van der Waals surface area contributed by atoms with Gasteiger partial charge in [0.15, 0.2) is 0 Å². The second kappa shape index (κ2) is 6.16. The fraction of sp³-hybridized carbons (Fsp3) is 0.692. The molecule has 2 N–H and O–H groups in total. The fourth-order valence-corrected chi connectivity index (χ4v) is 2.31. The molecule has 6 heteroatoms. The third kappa shape index (κ3) is 3.54. The zero-order chi connectivity index (χ0) is 13.8. The van der Waals surface area contributed by atoms with Crippen molar-refractivity contribution in [2.24, 2.45) is 5.73 Å². The van der Waals surface area contributed by atoms with Gasteiger partial charge in [0.05, 0.1) is 30.6 Å². The predicted molar refractivity (Wildman–Crippen MR) is 74.4 cm³/mol. The van der Waals surface area contributed by atoms with Crippen LogP contribution in [0.1, 0.15) is 19.8 Å². The van der Waals surface area contributed by atoms with Crippen LogP contribution in [0, 0.1) is 0 Å². The standard InChI is InChI=1S/C13H22N4O2/c1-10-3-4-12(19-10)9-17-13(18)7-11(8-15-17)16(2)6-5-14/h7-8,10,12H,3-6,9,14H2,1-2H3. The molecule has 2 atom stereocenters. The molecule has 1 aliphatic heterocycles. The Labute approximate surface area is 113 Å². The predicted octanol–water partition coefficient (Wildman–Crippen LogP) is 0.206. The number of ether oxygens (including phenoxy) is 1. The molecule has 0 aromatic carbocycles. The Balaban J connectivity index is 2.05. The summed E-state index contributed by atoms with van der Waals surface area (Å²) in [4.78, 5) is 13.9. The molecular formula is C13H22N4O2. The maximum absolute atomic E-state index is 12.0. The molecular weight excluding hydrogens is 244 g/mol. The van der Waals surface area contributed by atoms with Crippen LogP contribution in [-0.4, -0.2) is 42.1 Å². The van der Waals surface area contributed by atoms with E-state index in [-0.39, 0.29) is 17.8 Å². The van der Waals surface area contributed by atoms with Gasteiger partial charge in [-0.2, -0.15) is 5.10 Å². The first kappa shape index (κ1) is 14.0. The van der Waals surface area contributed by atoms with Crippen LogP contribution in [0.25, 0.3) is 0 Å². The number of anilines is 1. The van der Waals surface area contributed by atoms with Gasteiger partial charge in [-0.05, 0) is 19.8 Å². The number of rotatable bonds is 5. The number of nitrogens with two attached hydrogens (primary N) is 1. The highest BCUT2D eigenvalue weighted by Gasteiger charge is 2.22. The normalized spacial score (nSPS) is 22.7. The van der Waals surface area contributed by atoms with Gasteiger partial charge in [0.1, 0.15) is 0 Å². The van der Waals surface area contributed by atoms with Gasteiger partial charge in [-0.15, -0.1) is 0 Å². The average Bonchev–Trinajstić information content (AvgIpc) is 2.78. The maximum atomic E-state index is 12.0. The number of likely N-dealkylation sites (N-methyl/N-ethyl adjacent to an activating group) is 1. The molecule has 106 valence electrons. The van der Waals surface area contributed by atoms with E-state index < -0.39 is 0 Å². The highest BCUT2D eigenvalue weighted by atomic mass is 16.5. The summed E-state index contributed by atoms with van der Waals surface area (Å²) in [6.45, 7) is 3.84. The summed E-state index contributed by atoms with van der Waals surface area (Å²) in [5.74, 6) is 0. The molecule has 0 spiro atoms. The third-order valence-electron chi connectivity index (χ3n) is 3.46. The van der Waals surface area contributed by atoms with Crippen molar-refractivity contribution in [1.29, 1.82) is 0 Å². The van der Waals surface area contributed by atoms with Crippen LogP contribution in [0.4, 0.5) is 5.69 Å². The Hall–Kier alpha value is -1.40. The first-order valence-electron chi connectivity index (χ1n) is 6.74. The van der Waals surface area contributed by atoms with E-state index in [4.69, 9.17) is 10.5 Å². The van der Waals surface area contributed by atoms with Crippen LogP contribution in [0.15, 0.2) is 17.1 Å². The van der Waals surface area contributed by atoms with Gasteiger partial charge < -0.3 is 15.4 Å². The number of hydrogen-bond donors (Lipinski definition) is 1. The maximum Gasteiger partial charge on any atom is 0.268 e. The molecule has 6 nitrogen and oxygen atoms in total. The van der Waals surface area contributed by atoms with Crippen molar-refractivity contribution in [3.05, 3.63) is 22.6 Å². The highest BCUT2D eigenvalue weighted by molar-refractivity contribution is 5.41. The number of hydrogen-bond acceptors (Lipinski definition) is 5. The van der Waals surface area contributed by atoms with E-state index in [1.165, 1.54) is 4.68 Å². The van der Waals surface area contributed by atoms with E-state index in [1.807, 2.05) is 11.9 Å². The van der Waals surface area contributed by atoms with Gasteiger partial charge in [0, 0.05) is 26.2 Å². The third-order valence-corrected chi connectivity index (χ3v) is 3.46. The van der Waals surface area contributed by atoms with Gasteiger partial charge in [0.2, 0.25) is 0 Å². The minimum absolute atomic E-state index is 0.0930. The zero-order valence-electron chi connectivity index (χ0n) is 11.6. The quantitative estimate of drug-likeness (QED) is 0.824.